The molecule has 0 aliphatic carbocycles. The summed E-state index contributed by atoms with van der Waals surface area (Å²) >= 11 is 0. The first-order chi connectivity index (χ1) is 4.23. The second-order valence-corrected chi connectivity index (χ2v) is 2.07. The molecule has 3 nitrogen and oxygen atoms in total. The Morgan fingerprint density at radius 2 is 2.44 bits per heavy atom. The predicted molar refractivity (Wildman–Crippen MR) is 31.7 cm³/mol. The van der Waals surface area contributed by atoms with Crippen LogP contribution < -0.4 is 0 Å². The van der Waals surface area contributed by atoms with Crippen LogP contribution in [0.15, 0.2) is 12.7 Å². The monoisotopic (exact) mass is 130 g/mol. The van der Waals surface area contributed by atoms with Gasteiger partial charge in [0.15, 0.2) is 0 Å². The highest BCUT2D eigenvalue weighted by Crippen LogP contribution is 2.36. The SMILES string of the molecule is C=CC1(O)OC1CCO. The van der Waals surface area contributed by atoms with Crippen molar-refractivity contribution in [1.82, 2.24) is 0 Å². The molecule has 1 aliphatic heterocycles. The minimum absolute atomic E-state index is 0.0425. The fraction of sp³-hybridized carbons (Fsp3) is 0.667. The first kappa shape index (κ1) is 6.74. The summed E-state index contributed by atoms with van der Waals surface area (Å²) in [7, 11) is 0. The quantitative estimate of drug-likeness (QED) is 0.405. The largest absolute Gasteiger partial charge is 0.396 e. The van der Waals surface area contributed by atoms with Gasteiger partial charge in [0.1, 0.15) is 6.10 Å². The fourth-order valence-electron chi connectivity index (χ4n) is 0.756. The van der Waals surface area contributed by atoms with E-state index in [9.17, 15) is 0 Å². The molecule has 1 saturated heterocycles. The highest BCUT2D eigenvalue weighted by Gasteiger charge is 2.52. The van der Waals surface area contributed by atoms with Crippen LogP contribution in [0.2, 0.25) is 0 Å². The third kappa shape index (κ3) is 1.13. The topological polar surface area (TPSA) is 53.0 Å². The highest BCUT2D eigenvalue weighted by atomic mass is 16.7. The standard InChI is InChI=1S/C6H10O3/c1-2-6(8)5(9-6)3-4-7/h2,5,7-8H,1,3-4H2. The Labute approximate surface area is 53.6 Å². The maximum absolute atomic E-state index is 9.08. The van der Waals surface area contributed by atoms with Crippen LogP contribution in [0.3, 0.4) is 0 Å². The summed E-state index contributed by atoms with van der Waals surface area (Å²) in [5, 5.41) is 17.5. The molecule has 9 heavy (non-hydrogen) atoms. The lowest BCUT2D eigenvalue weighted by Gasteiger charge is -1.92. The smallest absolute Gasteiger partial charge is 0.212 e. The van der Waals surface area contributed by atoms with Gasteiger partial charge in [0.2, 0.25) is 5.79 Å². The van der Waals surface area contributed by atoms with E-state index in [-0.39, 0.29) is 12.7 Å². The van der Waals surface area contributed by atoms with Crippen molar-refractivity contribution in [3.8, 4) is 0 Å². The van der Waals surface area contributed by atoms with Crippen molar-refractivity contribution >= 4 is 0 Å². The summed E-state index contributed by atoms with van der Waals surface area (Å²) in [6, 6.07) is 0. The molecule has 3 heteroatoms. The van der Waals surface area contributed by atoms with E-state index >= 15 is 0 Å². The molecule has 0 aromatic carbocycles. The number of rotatable bonds is 3. The van der Waals surface area contributed by atoms with E-state index in [1.54, 1.807) is 0 Å². The lowest BCUT2D eigenvalue weighted by atomic mass is 10.2. The summed E-state index contributed by atoms with van der Waals surface area (Å²) in [4.78, 5) is 0. The number of hydrogen-bond acceptors (Lipinski definition) is 3. The molecular weight excluding hydrogens is 120 g/mol. The zero-order valence-corrected chi connectivity index (χ0v) is 5.08. The fourth-order valence-corrected chi connectivity index (χ4v) is 0.756. The molecule has 1 rings (SSSR count). The zero-order chi connectivity index (χ0) is 6.91. The number of hydrogen-bond donors (Lipinski definition) is 2. The van der Waals surface area contributed by atoms with E-state index in [1.165, 1.54) is 6.08 Å². The highest BCUT2D eigenvalue weighted by molar-refractivity contribution is 5.05. The Morgan fingerprint density at radius 1 is 1.78 bits per heavy atom. The van der Waals surface area contributed by atoms with Gasteiger partial charge >= 0.3 is 0 Å². The Bertz CT molecular complexity index is 123. The van der Waals surface area contributed by atoms with E-state index in [0.717, 1.165) is 0 Å². The summed E-state index contributed by atoms with van der Waals surface area (Å²) in [6.45, 7) is 3.41. The molecule has 0 aromatic heterocycles. The van der Waals surface area contributed by atoms with Crippen molar-refractivity contribution in [2.75, 3.05) is 6.61 Å². The second kappa shape index (κ2) is 2.10. The first-order valence-corrected chi connectivity index (χ1v) is 2.87. The van der Waals surface area contributed by atoms with Crippen LogP contribution in [0.5, 0.6) is 0 Å². The van der Waals surface area contributed by atoms with E-state index < -0.39 is 5.79 Å². The van der Waals surface area contributed by atoms with Gasteiger partial charge < -0.3 is 14.9 Å². The summed E-state index contributed by atoms with van der Waals surface area (Å²) in [5.74, 6) is -1.14. The summed E-state index contributed by atoms with van der Waals surface area (Å²) in [5.41, 5.74) is 0. The van der Waals surface area contributed by atoms with E-state index in [0.29, 0.717) is 6.42 Å². The Balaban J connectivity index is 2.29. The van der Waals surface area contributed by atoms with Crippen molar-refractivity contribution in [1.29, 1.82) is 0 Å². The number of aliphatic hydroxyl groups is 2. The van der Waals surface area contributed by atoms with Gasteiger partial charge in [-0.25, -0.2) is 0 Å². The average Bonchev–Trinajstić information content (AvgIpc) is 2.46. The average molecular weight is 130 g/mol. The van der Waals surface area contributed by atoms with Crippen LogP contribution in [0, 0.1) is 0 Å². The molecule has 2 atom stereocenters. The number of ether oxygens (including phenoxy) is 1. The first-order valence-electron chi connectivity index (χ1n) is 2.87. The minimum Gasteiger partial charge on any atom is -0.396 e. The van der Waals surface area contributed by atoms with Crippen LogP contribution in [-0.2, 0) is 4.74 Å². The van der Waals surface area contributed by atoms with Crippen LogP contribution >= 0.6 is 0 Å². The molecule has 0 radical (unpaired) electrons. The van der Waals surface area contributed by atoms with Gasteiger partial charge in [-0.15, -0.1) is 0 Å². The molecule has 2 unspecified atom stereocenters. The minimum atomic E-state index is -1.14. The van der Waals surface area contributed by atoms with E-state index in [2.05, 4.69) is 6.58 Å². The zero-order valence-electron chi connectivity index (χ0n) is 5.08. The van der Waals surface area contributed by atoms with Crippen molar-refractivity contribution < 1.29 is 14.9 Å². The maximum Gasteiger partial charge on any atom is 0.212 e. The molecule has 0 spiro atoms. The van der Waals surface area contributed by atoms with Gasteiger partial charge in [-0.05, 0) is 6.08 Å². The molecule has 52 valence electrons. The second-order valence-electron chi connectivity index (χ2n) is 2.07. The lowest BCUT2D eigenvalue weighted by molar-refractivity contribution is 0.0829. The molecule has 0 aromatic rings. The van der Waals surface area contributed by atoms with Gasteiger partial charge in [-0.2, -0.15) is 0 Å². The van der Waals surface area contributed by atoms with Crippen LogP contribution in [0.4, 0.5) is 0 Å². The van der Waals surface area contributed by atoms with Crippen molar-refractivity contribution in [3.05, 3.63) is 12.7 Å². The van der Waals surface area contributed by atoms with Gasteiger partial charge in [0.05, 0.1) is 0 Å². The molecule has 1 aliphatic rings. The van der Waals surface area contributed by atoms with Crippen molar-refractivity contribution in [2.45, 2.75) is 18.3 Å². The Kier molecular flexibility index (Phi) is 1.57. The van der Waals surface area contributed by atoms with Crippen LogP contribution in [0.1, 0.15) is 6.42 Å². The molecule has 0 saturated carbocycles. The molecule has 0 bridgehead atoms. The lowest BCUT2D eigenvalue weighted by Crippen LogP contribution is -2.10. The van der Waals surface area contributed by atoms with Crippen molar-refractivity contribution in [3.63, 3.8) is 0 Å². The molecular formula is C6H10O3. The number of aliphatic hydroxyl groups excluding tert-OH is 1. The third-order valence-electron chi connectivity index (χ3n) is 1.42. The molecule has 0 amide bonds. The molecule has 1 heterocycles. The maximum atomic E-state index is 9.08. The third-order valence-corrected chi connectivity index (χ3v) is 1.42. The summed E-state index contributed by atoms with van der Waals surface area (Å²) in [6.07, 6.45) is 1.58. The van der Waals surface area contributed by atoms with Crippen LogP contribution in [-0.4, -0.2) is 28.7 Å². The molecule has 1 fully saturated rings. The Morgan fingerprint density at radius 3 is 2.78 bits per heavy atom. The Hall–Kier alpha value is -0.380. The summed E-state index contributed by atoms with van der Waals surface area (Å²) < 4.78 is 4.77. The van der Waals surface area contributed by atoms with Crippen LogP contribution in [0.25, 0.3) is 0 Å². The van der Waals surface area contributed by atoms with Gasteiger partial charge in [-0.3, -0.25) is 0 Å². The van der Waals surface area contributed by atoms with Gasteiger partial charge in [0.25, 0.3) is 0 Å². The van der Waals surface area contributed by atoms with Gasteiger partial charge in [0, 0.05) is 13.0 Å². The van der Waals surface area contributed by atoms with E-state index in [4.69, 9.17) is 14.9 Å². The predicted octanol–water partition coefficient (Wildman–Crippen LogP) is -0.358. The normalized spacial score (nSPS) is 40.4. The molecule has 2 N–H and O–H groups in total. The van der Waals surface area contributed by atoms with Crippen molar-refractivity contribution in [2.24, 2.45) is 0 Å². The number of epoxide rings is 1. The van der Waals surface area contributed by atoms with Gasteiger partial charge in [-0.1, -0.05) is 6.58 Å². The van der Waals surface area contributed by atoms with E-state index in [1.807, 2.05) is 0 Å².